The van der Waals surface area contributed by atoms with Gasteiger partial charge >= 0.3 is 0 Å². The molecule has 3 aromatic heterocycles. The second-order valence-corrected chi connectivity index (χ2v) is 10.0. The molecule has 1 fully saturated rings. The van der Waals surface area contributed by atoms with E-state index in [4.69, 9.17) is 23.8 Å². The van der Waals surface area contributed by atoms with Crippen LogP contribution < -0.4 is 15.5 Å². The van der Waals surface area contributed by atoms with Crippen molar-refractivity contribution in [3.63, 3.8) is 0 Å². The highest BCUT2D eigenvalue weighted by Crippen LogP contribution is 2.43. The molecule has 1 aliphatic heterocycles. The summed E-state index contributed by atoms with van der Waals surface area (Å²) in [7, 11) is 0. The van der Waals surface area contributed by atoms with Crippen LogP contribution in [0.5, 0.6) is 0 Å². The Labute approximate surface area is 226 Å². The summed E-state index contributed by atoms with van der Waals surface area (Å²) >= 11 is 12.5. The summed E-state index contributed by atoms with van der Waals surface area (Å²) in [5.74, 6) is -0.239. The normalized spacial score (nSPS) is 17.2. The van der Waals surface area contributed by atoms with E-state index in [0.717, 1.165) is 22.6 Å². The fraction of sp³-hybridized carbons (Fsp3) is 0.214. The van der Waals surface area contributed by atoms with Gasteiger partial charge in [0.15, 0.2) is 5.11 Å². The molecule has 1 amide bonds. The summed E-state index contributed by atoms with van der Waals surface area (Å²) in [6, 6.07) is 19.2. The van der Waals surface area contributed by atoms with Crippen molar-refractivity contribution in [2.24, 2.45) is 5.92 Å². The van der Waals surface area contributed by atoms with E-state index in [1.54, 1.807) is 12.4 Å². The lowest BCUT2D eigenvalue weighted by molar-refractivity contribution is -0.118. The number of amides is 1. The van der Waals surface area contributed by atoms with Crippen molar-refractivity contribution in [1.82, 2.24) is 19.9 Å². The van der Waals surface area contributed by atoms with Crippen LogP contribution >= 0.6 is 23.8 Å². The third-order valence-corrected chi connectivity index (χ3v) is 6.98. The first kappa shape index (κ1) is 24.9. The van der Waals surface area contributed by atoms with E-state index < -0.39 is 0 Å². The lowest BCUT2D eigenvalue weighted by atomic mass is 10.0. The molecule has 0 aliphatic carbocycles. The number of pyridine rings is 2. The Morgan fingerprint density at radius 3 is 2.70 bits per heavy atom. The van der Waals surface area contributed by atoms with Crippen molar-refractivity contribution in [3.05, 3.63) is 107 Å². The van der Waals surface area contributed by atoms with E-state index in [-0.39, 0.29) is 23.9 Å². The third-order valence-electron chi connectivity index (χ3n) is 6.35. The molecule has 1 saturated heterocycles. The number of carbonyl (C=O) groups is 1. The lowest BCUT2D eigenvalue weighted by Crippen LogP contribution is -2.30. The molecular formula is C28H27ClN6OS. The fourth-order valence-corrected chi connectivity index (χ4v) is 5.06. The van der Waals surface area contributed by atoms with Crippen LogP contribution in [0, 0.1) is 5.92 Å². The van der Waals surface area contributed by atoms with Gasteiger partial charge < -0.3 is 20.1 Å². The molecule has 0 spiro atoms. The molecular weight excluding hydrogens is 504 g/mol. The van der Waals surface area contributed by atoms with Gasteiger partial charge in [0.1, 0.15) is 6.04 Å². The molecule has 5 rings (SSSR count). The number of anilines is 2. The summed E-state index contributed by atoms with van der Waals surface area (Å²) in [6.07, 6.45) is 7.50. The quantitative estimate of drug-likeness (QED) is 0.296. The Kier molecular flexibility index (Phi) is 7.21. The third kappa shape index (κ3) is 5.21. The van der Waals surface area contributed by atoms with Crippen molar-refractivity contribution in [2.45, 2.75) is 32.5 Å². The molecule has 4 aromatic rings. The topological polar surface area (TPSA) is 75.1 Å². The zero-order valence-electron chi connectivity index (χ0n) is 20.5. The fourth-order valence-electron chi connectivity index (χ4n) is 4.49. The number of rotatable bonds is 7. The summed E-state index contributed by atoms with van der Waals surface area (Å²) in [6.45, 7) is 4.35. The Balaban J connectivity index is 1.55. The number of hydrogen-bond donors (Lipinski definition) is 2. The molecule has 37 heavy (non-hydrogen) atoms. The molecule has 2 N–H and O–H groups in total. The Bertz CT molecular complexity index is 1410. The molecule has 2 atom stereocenters. The monoisotopic (exact) mass is 530 g/mol. The van der Waals surface area contributed by atoms with Gasteiger partial charge in [-0.15, -0.1) is 0 Å². The van der Waals surface area contributed by atoms with Crippen molar-refractivity contribution in [2.75, 3.05) is 10.2 Å². The summed E-state index contributed by atoms with van der Waals surface area (Å²) in [4.78, 5) is 23.2. The number of aromatic nitrogens is 3. The maximum atomic E-state index is 12.2. The average Bonchev–Trinajstić information content (AvgIpc) is 3.49. The molecule has 188 valence electrons. The minimum Gasteiger partial charge on any atom is -0.351 e. The molecule has 0 unspecified atom stereocenters. The van der Waals surface area contributed by atoms with E-state index in [0.29, 0.717) is 22.4 Å². The minimum atomic E-state index is -0.193. The molecule has 4 heterocycles. The summed E-state index contributed by atoms with van der Waals surface area (Å²) in [5, 5.41) is 7.39. The van der Waals surface area contributed by atoms with Gasteiger partial charge in [0.2, 0.25) is 5.91 Å². The van der Waals surface area contributed by atoms with E-state index in [1.165, 1.54) is 0 Å². The van der Waals surface area contributed by atoms with Crippen molar-refractivity contribution in [1.29, 1.82) is 0 Å². The number of thiocarbonyl (C=S) groups is 1. The van der Waals surface area contributed by atoms with E-state index in [1.807, 2.05) is 68.6 Å². The van der Waals surface area contributed by atoms with Crippen molar-refractivity contribution < 1.29 is 4.79 Å². The molecule has 1 aromatic carbocycles. The van der Waals surface area contributed by atoms with Gasteiger partial charge in [0.25, 0.3) is 0 Å². The molecule has 0 bridgehead atoms. The van der Waals surface area contributed by atoms with E-state index in [2.05, 4.69) is 48.4 Å². The van der Waals surface area contributed by atoms with Crippen LogP contribution in [0.25, 0.3) is 0 Å². The first-order valence-electron chi connectivity index (χ1n) is 12.1. The second-order valence-electron chi connectivity index (χ2n) is 9.23. The molecule has 9 heteroatoms. The van der Waals surface area contributed by atoms with Gasteiger partial charge in [-0.2, -0.15) is 0 Å². The zero-order valence-corrected chi connectivity index (χ0v) is 22.1. The van der Waals surface area contributed by atoms with Gasteiger partial charge in [-0.25, -0.2) is 0 Å². The van der Waals surface area contributed by atoms with Crippen LogP contribution in [0.15, 0.2) is 85.5 Å². The SMILES string of the molecule is CC(C)C(=O)Nc1ccc(N2C(=S)N[C@H](c3ccccn3)[C@@H]2c2cccn2Cc2cccnc2)cc1Cl. The minimum absolute atomic E-state index is 0.0886. The number of carbonyl (C=O) groups excluding carboxylic acids is 1. The largest absolute Gasteiger partial charge is 0.351 e. The van der Waals surface area contributed by atoms with Gasteiger partial charge in [0.05, 0.1) is 22.4 Å². The number of benzene rings is 1. The van der Waals surface area contributed by atoms with Crippen LogP contribution in [0.2, 0.25) is 5.02 Å². The first-order valence-corrected chi connectivity index (χ1v) is 12.9. The first-order chi connectivity index (χ1) is 17.9. The molecule has 0 saturated carbocycles. The van der Waals surface area contributed by atoms with Crippen molar-refractivity contribution in [3.8, 4) is 0 Å². The van der Waals surface area contributed by atoms with Crippen LogP contribution in [0.4, 0.5) is 11.4 Å². The molecule has 1 aliphatic rings. The smallest absolute Gasteiger partial charge is 0.226 e. The van der Waals surface area contributed by atoms with Crippen molar-refractivity contribution >= 4 is 46.2 Å². The highest BCUT2D eigenvalue weighted by atomic mass is 35.5. The summed E-state index contributed by atoms with van der Waals surface area (Å²) in [5.41, 5.74) is 4.45. The van der Waals surface area contributed by atoms with Crippen LogP contribution in [0.1, 0.15) is 42.9 Å². The van der Waals surface area contributed by atoms with Gasteiger partial charge in [-0.05, 0) is 66.3 Å². The Hall–Kier alpha value is -3.75. The van der Waals surface area contributed by atoms with Crippen LogP contribution in [-0.4, -0.2) is 25.6 Å². The molecule has 7 nitrogen and oxygen atoms in total. The molecule has 0 radical (unpaired) electrons. The highest BCUT2D eigenvalue weighted by molar-refractivity contribution is 7.80. The number of nitrogens with zero attached hydrogens (tertiary/aromatic N) is 4. The highest BCUT2D eigenvalue weighted by Gasteiger charge is 2.42. The Morgan fingerprint density at radius 2 is 2.00 bits per heavy atom. The Morgan fingerprint density at radius 1 is 1.14 bits per heavy atom. The van der Waals surface area contributed by atoms with Gasteiger partial charge in [-0.3, -0.25) is 14.8 Å². The predicted octanol–water partition coefficient (Wildman–Crippen LogP) is 5.75. The van der Waals surface area contributed by atoms with Gasteiger partial charge in [0, 0.05) is 48.6 Å². The maximum absolute atomic E-state index is 12.2. The predicted molar refractivity (Wildman–Crippen MR) is 151 cm³/mol. The lowest BCUT2D eigenvalue weighted by Gasteiger charge is -2.29. The summed E-state index contributed by atoms with van der Waals surface area (Å²) < 4.78 is 2.21. The standard InChI is InChI=1S/C28H27ClN6OS/c1-18(2)27(36)32-22-11-10-20(15-21(22)29)35-26(25(33-28(35)37)23-8-3-4-13-31-23)24-9-6-14-34(24)17-19-7-5-12-30-16-19/h3-16,18,25-26H,17H2,1-2H3,(H,32,36)(H,33,37)/t25-,26+/m1/s1. The van der Waals surface area contributed by atoms with E-state index >= 15 is 0 Å². The maximum Gasteiger partial charge on any atom is 0.226 e. The van der Waals surface area contributed by atoms with Crippen LogP contribution in [0.3, 0.4) is 0 Å². The number of hydrogen-bond acceptors (Lipinski definition) is 4. The van der Waals surface area contributed by atoms with Crippen LogP contribution in [-0.2, 0) is 11.3 Å². The zero-order chi connectivity index (χ0) is 25.9. The van der Waals surface area contributed by atoms with Gasteiger partial charge in [-0.1, -0.05) is 37.6 Å². The number of halogens is 1. The van der Waals surface area contributed by atoms with E-state index in [9.17, 15) is 4.79 Å². The number of nitrogens with one attached hydrogen (secondary N) is 2. The average molecular weight is 531 g/mol. The second kappa shape index (κ2) is 10.7.